The van der Waals surface area contributed by atoms with Gasteiger partial charge >= 0.3 is 5.63 Å². The zero-order valence-electron chi connectivity index (χ0n) is 13.1. The Hall–Kier alpha value is -2.70. The quantitative estimate of drug-likeness (QED) is 0.233. The summed E-state index contributed by atoms with van der Waals surface area (Å²) in [6.45, 7) is 0. The van der Waals surface area contributed by atoms with Crippen molar-refractivity contribution in [1.29, 1.82) is 5.26 Å². The third-order valence-electron chi connectivity index (χ3n) is 3.65. The molecule has 1 aromatic carbocycles. The van der Waals surface area contributed by atoms with E-state index in [1.165, 1.54) is 11.3 Å². The van der Waals surface area contributed by atoms with Crippen LogP contribution in [-0.2, 0) is 0 Å². The first-order chi connectivity index (χ1) is 12.6. The number of hydrogen-bond acceptors (Lipinski definition) is 6. The molecule has 126 valence electrons. The highest BCUT2D eigenvalue weighted by Crippen LogP contribution is 2.27. The summed E-state index contributed by atoms with van der Waals surface area (Å²) < 4.78 is 11.6. The van der Waals surface area contributed by atoms with Crippen LogP contribution in [0.3, 0.4) is 0 Å². The van der Waals surface area contributed by atoms with E-state index < -0.39 is 5.63 Å². The first-order valence-electron chi connectivity index (χ1n) is 7.50. The van der Waals surface area contributed by atoms with Gasteiger partial charge in [0.2, 0.25) is 0 Å². The van der Waals surface area contributed by atoms with Gasteiger partial charge in [0, 0.05) is 16.8 Å². The molecule has 3 heterocycles. The Morgan fingerprint density at radius 2 is 2.08 bits per heavy atom. The van der Waals surface area contributed by atoms with Gasteiger partial charge in [0.15, 0.2) is 3.77 Å². The molecule has 5 nitrogen and oxygen atoms in total. The maximum absolute atomic E-state index is 12.3. The van der Waals surface area contributed by atoms with Crippen molar-refractivity contribution >= 4 is 56.5 Å². The molecular formula is C19H9IN2O3S. The number of thiazole rings is 1. The number of aromatic nitrogens is 1. The number of nitriles is 1. The van der Waals surface area contributed by atoms with E-state index in [0.29, 0.717) is 33.2 Å². The van der Waals surface area contributed by atoms with Crippen molar-refractivity contribution < 1.29 is 8.83 Å². The molecule has 7 heteroatoms. The van der Waals surface area contributed by atoms with Crippen LogP contribution in [0.5, 0.6) is 0 Å². The number of allylic oxidation sites excluding steroid dienone is 1. The lowest BCUT2D eigenvalue weighted by atomic mass is 10.1. The fourth-order valence-electron chi connectivity index (χ4n) is 2.45. The van der Waals surface area contributed by atoms with Crippen molar-refractivity contribution in [2.24, 2.45) is 0 Å². The van der Waals surface area contributed by atoms with E-state index in [2.05, 4.69) is 33.6 Å². The standard InChI is InChI=1S/C19H9IN2O3S/c20-17-6-5-13(24-17)7-12(9-21)18-22-15(10-26-18)14-8-11-3-1-2-4-16(11)25-19(14)23/h1-8,10H/b12-7+. The van der Waals surface area contributed by atoms with Crippen LogP contribution in [0.2, 0.25) is 0 Å². The molecule has 26 heavy (non-hydrogen) atoms. The highest BCUT2D eigenvalue weighted by atomic mass is 127. The Morgan fingerprint density at radius 1 is 1.23 bits per heavy atom. The predicted molar refractivity (Wildman–Crippen MR) is 109 cm³/mol. The van der Waals surface area contributed by atoms with E-state index in [1.807, 2.05) is 24.3 Å². The maximum Gasteiger partial charge on any atom is 0.345 e. The summed E-state index contributed by atoms with van der Waals surface area (Å²) in [4.78, 5) is 16.7. The topological polar surface area (TPSA) is 80.0 Å². The van der Waals surface area contributed by atoms with E-state index in [0.717, 1.165) is 9.15 Å². The Balaban J connectivity index is 1.76. The molecule has 4 aromatic rings. The summed E-state index contributed by atoms with van der Waals surface area (Å²) >= 11 is 3.35. The van der Waals surface area contributed by atoms with Crippen LogP contribution >= 0.6 is 33.9 Å². The fraction of sp³-hybridized carbons (Fsp3) is 0. The summed E-state index contributed by atoms with van der Waals surface area (Å²) in [5.74, 6) is 0.577. The summed E-state index contributed by atoms with van der Waals surface area (Å²) in [7, 11) is 0. The van der Waals surface area contributed by atoms with Crippen LogP contribution in [0.1, 0.15) is 10.8 Å². The van der Waals surface area contributed by atoms with Crippen LogP contribution < -0.4 is 5.63 Å². The van der Waals surface area contributed by atoms with Crippen molar-refractivity contribution in [2.45, 2.75) is 0 Å². The van der Waals surface area contributed by atoms with Gasteiger partial charge in [-0.3, -0.25) is 0 Å². The smallest absolute Gasteiger partial charge is 0.345 e. The van der Waals surface area contributed by atoms with Crippen molar-refractivity contribution in [2.75, 3.05) is 0 Å². The lowest BCUT2D eigenvalue weighted by Gasteiger charge is -1.99. The lowest BCUT2D eigenvalue weighted by Crippen LogP contribution is -2.02. The molecule has 0 spiro atoms. The van der Waals surface area contributed by atoms with E-state index in [9.17, 15) is 10.1 Å². The van der Waals surface area contributed by atoms with Crippen molar-refractivity contribution in [3.8, 4) is 17.3 Å². The van der Waals surface area contributed by atoms with Gasteiger partial charge in [-0.05, 0) is 46.9 Å². The van der Waals surface area contributed by atoms with Crippen molar-refractivity contribution in [3.05, 3.63) is 72.8 Å². The molecule has 0 saturated heterocycles. The van der Waals surface area contributed by atoms with E-state index in [1.54, 1.807) is 29.7 Å². The first-order valence-corrected chi connectivity index (χ1v) is 9.46. The highest BCUT2D eigenvalue weighted by molar-refractivity contribution is 14.1. The fourth-order valence-corrected chi connectivity index (χ4v) is 3.67. The van der Waals surface area contributed by atoms with Crippen LogP contribution in [-0.4, -0.2) is 4.98 Å². The van der Waals surface area contributed by atoms with Crippen LogP contribution in [0.15, 0.2) is 61.5 Å². The van der Waals surface area contributed by atoms with Gasteiger partial charge in [0.1, 0.15) is 22.4 Å². The Labute approximate surface area is 165 Å². The largest absolute Gasteiger partial charge is 0.451 e. The Kier molecular flexibility index (Phi) is 4.44. The third-order valence-corrected chi connectivity index (χ3v) is 5.11. The number of rotatable bonds is 3. The molecule has 4 rings (SSSR count). The van der Waals surface area contributed by atoms with E-state index in [4.69, 9.17) is 8.83 Å². The number of para-hydroxylation sites is 1. The second kappa shape index (κ2) is 6.90. The normalized spacial score (nSPS) is 11.6. The monoisotopic (exact) mass is 472 g/mol. The summed E-state index contributed by atoms with van der Waals surface area (Å²) in [6, 6.07) is 14.8. The molecule has 0 atom stereocenters. The highest BCUT2D eigenvalue weighted by Gasteiger charge is 2.14. The second-order valence-corrected chi connectivity index (χ2v) is 7.26. The molecule has 0 N–H and O–H groups in total. The number of benzene rings is 1. The number of halogens is 1. The molecule has 0 aliphatic heterocycles. The predicted octanol–water partition coefficient (Wildman–Crippen LogP) is 5.18. The number of nitrogens with zero attached hydrogens (tertiary/aromatic N) is 2. The minimum atomic E-state index is -0.455. The Bertz CT molecular complexity index is 1240. The molecule has 0 amide bonds. The lowest BCUT2D eigenvalue weighted by molar-refractivity contribution is 0.528. The maximum atomic E-state index is 12.3. The molecule has 0 radical (unpaired) electrons. The van der Waals surface area contributed by atoms with E-state index in [-0.39, 0.29) is 0 Å². The summed E-state index contributed by atoms with van der Waals surface area (Å²) in [5.41, 5.74) is 1.30. The minimum Gasteiger partial charge on any atom is -0.451 e. The first kappa shape index (κ1) is 16.8. The average Bonchev–Trinajstić information content (AvgIpc) is 3.28. The van der Waals surface area contributed by atoms with Gasteiger partial charge in [-0.2, -0.15) is 5.26 Å². The van der Waals surface area contributed by atoms with E-state index >= 15 is 0 Å². The number of hydrogen-bond donors (Lipinski definition) is 0. The molecule has 0 aliphatic rings. The molecule has 0 unspecified atom stereocenters. The molecule has 0 fully saturated rings. The van der Waals surface area contributed by atoms with Crippen LogP contribution in [0, 0.1) is 15.1 Å². The zero-order valence-corrected chi connectivity index (χ0v) is 16.1. The number of fused-ring (bicyclic) bond motifs is 1. The van der Waals surface area contributed by atoms with Crippen LogP contribution in [0.4, 0.5) is 0 Å². The van der Waals surface area contributed by atoms with Gasteiger partial charge in [-0.15, -0.1) is 11.3 Å². The molecule has 0 saturated carbocycles. The van der Waals surface area contributed by atoms with Gasteiger partial charge in [0.25, 0.3) is 0 Å². The number of furan rings is 1. The Morgan fingerprint density at radius 3 is 2.85 bits per heavy atom. The average molecular weight is 472 g/mol. The molecular weight excluding hydrogens is 463 g/mol. The van der Waals surface area contributed by atoms with Gasteiger partial charge in [0.05, 0.1) is 16.8 Å². The van der Waals surface area contributed by atoms with Gasteiger partial charge < -0.3 is 8.83 Å². The second-order valence-electron chi connectivity index (χ2n) is 5.33. The molecule has 3 aromatic heterocycles. The third kappa shape index (κ3) is 3.21. The molecule has 0 bridgehead atoms. The minimum absolute atomic E-state index is 0.371. The summed E-state index contributed by atoms with van der Waals surface area (Å²) in [6.07, 6.45) is 1.63. The van der Waals surface area contributed by atoms with Crippen molar-refractivity contribution in [3.63, 3.8) is 0 Å². The van der Waals surface area contributed by atoms with Gasteiger partial charge in [-0.1, -0.05) is 18.2 Å². The molecule has 0 aliphatic carbocycles. The summed E-state index contributed by atoms with van der Waals surface area (Å²) in [5, 5.41) is 12.5. The van der Waals surface area contributed by atoms with Crippen molar-refractivity contribution in [1.82, 2.24) is 4.98 Å². The van der Waals surface area contributed by atoms with Crippen LogP contribution in [0.25, 0.3) is 33.9 Å². The zero-order chi connectivity index (χ0) is 18.1. The SMILES string of the molecule is N#C/C(=C\c1ccc(I)o1)c1nc(-c2cc3ccccc3oc2=O)cs1. The van der Waals surface area contributed by atoms with Gasteiger partial charge in [-0.25, -0.2) is 9.78 Å².